The predicted molar refractivity (Wildman–Crippen MR) is 72.3 cm³/mol. The van der Waals surface area contributed by atoms with Gasteiger partial charge in [0.2, 0.25) is 6.41 Å². The van der Waals surface area contributed by atoms with Crippen LogP contribution in [0.2, 0.25) is 0 Å². The summed E-state index contributed by atoms with van der Waals surface area (Å²) >= 11 is 0. The lowest BCUT2D eigenvalue weighted by Crippen LogP contribution is -2.40. The molecule has 1 atom stereocenters. The minimum atomic E-state index is 0.509. The summed E-state index contributed by atoms with van der Waals surface area (Å²) in [6.07, 6.45) is 0.625. The molecule has 18 heavy (non-hydrogen) atoms. The number of aryl methyl sites for hydroxylation is 1. The first-order chi connectivity index (χ1) is 8.49. The molecule has 2 heterocycles. The van der Waals surface area contributed by atoms with Gasteiger partial charge in [-0.2, -0.15) is 5.10 Å². The Kier molecular flexibility index (Phi) is 5.34. The zero-order valence-corrected chi connectivity index (χ0v) is 12.0. The van der Waals surface area contributed by atoms with Gasteiger partial charge in [-0.25, -0.2) is 0 Å². The highest BCUT2D eigenvalue weighted by molar-refractivity contribution is 5.44. The van der Waals surface area contributed by atoms with Crippen molar-refractivity contribution >= 4 is 6.41 Å². The lowest BCUT2D eigenvalue weighted by atomic mass is 10.1. The van der Waals surface area contributed by atoms with Crippen LogP contribution in [0, 0.1) is 6.92 Å². The van der Waals surface area contributed by atoms with E-state index in [1.54, 1.807) is 7.05 Å². The third kappa shape index (κ3) is 3.57. The van der Waals surface area contributed by atoms with Crippen molar-refractivity contribution in [3.63, 3.8) is 0 Å². The van der Waals surface area contributed by atoms with Gasteiger partial charge in [0, 0.05) is 26.2 Å². The Balaban J connectivity index is 0.000000357. The molecule has 0 radical (unpaired) electrons. The van der Waals surface area contributed by atoms with Crippen LogP contribution in [0.1, 0.15) is 38.2 Å². The van der Waals surface area contributed by atoms with E-state index >= 15 is 0 Å². The fourth-order valence-electron chi connectivity index (χ4n) is 2.15. The normalized spacial score (nSPS) is 18.9. The molecule has 1 aromatic rings. The van der Waals surface area contributed by atoms with Crippen LogP contribution >= 0.6 is 0 Å². The molecule has 1 aromatic heterocycles. The van der Waals surface area contributed by atoms with Crippen LogP contribution in [0.4, 0.5) is 0 Å². The van der Waals surface area contributed by atoms with Gasteiger partial charge in [-0.1, -0.05) is 0 Å². The molecule has 0 spiro atoms. The van der Waals surface area contributed by atoms with E-state index in [9.17, 15) is 0 Å². The van der Waals surface area contributed by atoms with E-state index in [4.69, 9.17) is 4.79 Å². The van der Waals surface area contributed by atoms with E-state index < -0.39 is 0 Å². The summed E-state index contributed by atoms with van der Waals surface area (Å²) in [4.78, 5) is 11.6. The fourth-order valence-corrected chi connectivity index (χ4v) is 2.15. The van der Waals surface area contributed by atoms with Gasteiger partial charge < -0.3 is 5.32 Å². The second kappa shape index (κ2) is 6.54. The van der Waals surface area contributed by atoms with Crippen LogP contribution in [0.5, 0.6) is 0 Å². The summed E-state index contributed by atoms with van der Waals surface area (Å²) in [6, 6.07) is 3.33. The average Bonchev–Trinajstić information content (AvgIpc) is 2.70. The van der Waals surface area contributed by atoms with E-state index in [2.05, 4.69) is 53.8 Å². The van der Waals surface area contributed by atoms with Crippen molar-refractivity contribution in [2.45, 2.75) is 46.3 Å². The Morgan fingerprint density at radius 1 is 1.56 bits per heavy atom. The largest absolute Gasteiger partial charge is 0.362 e. The lowest BCUT2D eigenvalue weighted by Gasteiger charge is -2.34. The number of amides is 1. The van der Waals surface area contributed by atoms with E-state index in [1.165, 1.54) is 5.69 Å². The average molecular weight is 252 g/mol. The maximum atomic E-state index is 9.06. The minimum absolute atomic E-state index is 0.509. The molecule has 1 aliphatic rings. The topological polar surface area (TPSA) is 50.2 Å². The summed E-state index contributed by atoms with van der Waals surface area (Å²) in [5.41, 5.74) is 2.49. The summed E-state index contributed by atoms with van der Waals surface area (Å²) in [5.74, 6) is 0. The summed E-state index contributed by atoms with van der Waals surface area (Å²) in [7, 11) is 1.56. The van der Waals surface area contributed by atoms with Crippen LogP contribution < -0.4 is 5.32 Å². The lowest BCUT2D eigenvalue weighted by molar-refractivity contribution is -0.109. The molecule has 0 fully saturated rings. The number of rotatable bonds is 2. The van der Waals surface area contributed by atoms with E-state index in [-0.39, 0.29) is 0 Å². The molecule has 1 amide bonds. The molecule has 1 aliphatic heterocycles. The number of carbonyl (C=O) groups excluding carboxylic acids is 1. The Hall–Kier alpha value is -1.36. The molecule has 1 N–H and O–H groups in total. The van der Waals surface area contributed by atoms with Gasteiger partial charge in [0.15, 0.2) is 0 Å². The Labute approximate surface area is 109 Å². The van der Waals surface area contributed by atoms with E-state index in [0.717, 1.165) is 18.8 Å². The van der Waals surface area contributed by atoms with Gasteiger partial charge in [-0.3, -0.25) is 14.4 Å². The summed E-state index contributed by atoms with van der Waals surface area (Å²) in [6.45, 7) is 11.0. The van der Waals surface area contributed by atoms with Crippen LogP contribution in [0.15, 0.2) is 6.07 Å². The van der Waals surface area contributed by atoms with Gasteiger partial charge >= 0.3 is 0 Å². The van der Waals surface area contributed by atoms with Gasteiger partial charge in [0.25, 0.3) is 0 Å². The first-order valence-electron chi connectivity index (χ1n) is 6.39. The summed E-state index contributed by atoms with van der Waals surface area (Å²) < 4.78 is 2.17. The molecule has 5 nitrogen and oxygen atoms in total. The van der Waals surface area contributed by atoms with Crippen molar-refractivity contribution in [2.75, 3.05) is 13.6 Å². The van der Waals surface area contributed by atoms with Crippen LogP contribution in [-0.2, 0) is 11.3 Å². The number of nitrogens with one attached hydrogen (secondary N) is 1. The predicted octanol–water partition coefficient (Wildman–Crippen LogP) is 1.34. The van der Waals surface area contributed by atoms with Crippen molar-refractivity contribution in [3.8, 4) is 0 Å². The number of hydrogen-bond acceptors (Lipinski definition) is 3. The maximum absolute atomic E-state index is 9.06. The van der Waals surface area contributed by atoms with Gasteiger partial charge in [-0.05, 0) is 33.8 Å². The molecule has 1 unspecified atom stereocenters. The third-order valence-electron chi connectivity index (χ3n) is 3.06. The molecular weight excluding hydrogens is 228 g/mol. The molecule has 0 bridgehead atoms. The molecule has 0 saturated heterocycles. The van der Waals surface area contributed by atoms with E-state index in [0.29, 0.717) is 18.5 Å². The number of aromatic nitrogens is 2. The Morgan fingerprint density at radius 3 is 2.67 bits per heavy atom. The van der Waals surface area contributed by atoms with Gasteiger partial charge in [-0.15, -0.1) is 0 Å². The number of fused-ring (bicyclic) bond motifs is 1. The second-order valence-electron chi connectivity index (χ2n) is 5.00. The Bertz CT molecular complexity index is 386. The van der Waals surface area contributed by atoms with Crippen molar-refractivity contribution in [3.05, 3.63) is 17.5 Å². The monoisotopic (exact) mass is 252 g/mol. The molecule has 2 rings (SSSR count). The summed E-state index contributed by atoms with van der Waals surface area (Å²) in [5, 5.41) is 6.77. The van der Waals surface area contributed by atoms with E-state index in [1.807, 2.05) is 0 Å². The van der Waals surface area contributed by atoms with Gasteiger partial charge in [0.1, 0.15) is 0 Å². The molecular formula is C13H24N4O. The van der Waals surface area contributed by atoms with Crippen LogP contribution in [0.3, 0.4) is 0 Å². The second-order valence-corrected chi connectivity index (χ2v) is 5.00. The maximum Gasteiger partial charge on any atom is 0.206 e. The molecule has 0 aromatic carbocycles. The zero-order valence-electron chi connectivity index (χ0n) is 12.0. The molecule has 0 saturated carbocycles. The van der Waals surface area contributed by atoms with Crippen molar-refractivity contribution in [1.29, 1.82) is 0 Å². The quantitative estimate of drug-likeness (QED) is 0.808. The minimum Gasteiger partial charge on any atom is -0.362 e. The Morgan fingerprint density at radius 2 is 2.17 bits per heavy atom. The first-order valence-corrected chi connectivity index (χ1v) is 6.39. The highest BCUT2D eigenvalue weighted by Crippen LogP contribution is 2.22. The first kappa shape index (κ1) is 14.7. The molecule has 102 valence electrons. The van der Waals surface area contributed by atoms with Crippen molar-refractivity contribution in [1.82, 2.24) is 20.0 Å². The fraction of sp³-hybridized carbons (Fsp3) is 0.692. The highest BCUT2D eigenvalue weighted by atomic mass is 16.1. The van der Waals surface area contributed by atoms with Crippen LogP contribution in [-0.4, -0.2) is 40.7 Å². The van der Waals surface area contributed by atoms with Crippen molar-refractivity contribution in [2.24, 2.45) is 0 Å². The van der Waals surface area contributed by atoms with Gasteiger partial charge in [0.05, 0.1) is 17.4 Å². The molecule has 0 aliphatic carbocycles. The zero-order chi connectivity index (χ0) is 13.7. The number of hydrogen-bond donors (Lipinski definition) is 1. The highest BCUT2D eigenvalue weighted by Gasteiger charge is 2.24. The number of carbonyl (C=O) groups is 1. The number of nitrogens with zero attached hydrogens (tertiary/aromatic N) is 3. The SMILES string of the molecule is CNC=O.Cc1cc2n(n1)C(C)CN(C(C)C)C2. The van der Waals surface area contributed by atoms with Crippen molar-refractivity contribution < 1.29 is 4.79 Å². The molecule has 5 heteroatoms. The van der Waals surface area contributed by atoms with Crippen LogP contribution in [0.25, 0.3) is 0 Å². The standard InChI is InChI=1S/C11H19N3.C2H5NO/c1-8(2)13-6-10(4)14-11(7-13)5-9(3)12-14;1-3-2-4/h5,8,10H,6-7H2,1-4H3;2H,1H3,(H,3,4). The smallest absolute Gasteiger partial charge is 0.206 e. The third-order valence-corrected chi connectivity index (χ3v) is 3.06.